The standard InChI is InChI=1S/C44H34N4O12P4/c49-61(50,51)29-9-1-25(2-10-29)41-33-17-19-35(45-33)42(26-3-11-30(12-4-26)62(52,53)54)37-21-23-39(47-37)44(28-7-15-32(16-8-28)64(58,59)60)40-24-22-38(48-40)43(36-20-18-34(41)46-36)27-5-13-31(14-6-27)63(55,56)57/h1-24,45,48H,(H2,49,50,51)(H2,52,53,54)(H2,55,56,57)(H2,58,59,60)/p-8. The number of nitrogens with one attached hydrogen (secondary N) is 2. The molecule has 0 fully saturated rings. The molecule has 16 nitrogen and oxygen atoms in total. The summed E-state index contributed by atoms with van der Waals surface area (Å²) in [7, 11) is -20.5. The minimum absolute atomic E-state index is 0.364. The maximum atomic E-state index is 11.9. The van der Waals surface area contributed by atoms with Gasteiger partial charge in [0, 0.05) is 44.3 Å². The number of aromatic nitrogens is 4. The van der Waals surface area contributed by atoms with Crippen LogP contribution in [0, 0.1) is 0 Å². The third-order valence-corrected chi connectivity index (χ3v) is 14.4. The Balaban J connectivity index is 1.43. The van der Waals surface area contributed by atoms with E-state index in [4.69, 9.17) is 9.97 Å². The molecule has 0 spiro atoms. The van der Waals surface area contributed by atoms with Crippen molar-refractivity contribution in [2.45, 2.75) is 0 Å². The summed E-state index contributed by atoms with van der Waals surface area (Å²) in [6.07, 6.45) is 6.81. The highest BCUT2D eigenvalue weighted by Gasteiger charge is 2.20. The SMILES string of the molecule is O=P([O-])([O-])c1ccc(-c2c3nc(c(-c4ccc(P(=O)([O-])[O-])cc4)c4ccc([nH]4)c(-c4ccc(P(=O)([O-])[O-])cc4)c4nc(c(-c5ccc(P(=O)([O-])[O-])cc5)c5ccc2[nH]5)C=C4)C=C3)cc1. The van der Waals surface area contributed by atoms with E-state index in [1.165, 1.54) is 97.1 Å². The van der Waals surface area contributed by atoms with Crippen molar-refractivity contribution in [2.75, 3.05) is 0 Å². The van der Waals surface area contributed by atoms with Gasteiger partial charge in [0.2, 0.25) is 0 Å². The predicted octanol–water partition coefficient (Wildman–Crippen LogP) is 1.48. The Morgan fingerprint density at radius 3 is 0.656 bits per heavy atom. The quantitative estimate of drug-likeness (QED) is 0.204. The Hall–Kier alpha value is -5.92. The van der Waals surface area contributed by atoms with Crippen LogP contribution in [0.5, 0.6) is 0 Å². The van der Waals surface area contributed by atoms with Crippen LogP contribution in [0.2, 0.25) is 0 Å². The van der Waals surface area contributed by atoms with Crippen molar-refractivity contribution in [1.29, 1.82) is 0 Å². The summed E-state index contributed by atoms with van der Waals surface area (Å²) in [5, 5.41) is -1.74. The Kier molecular flexibility index (Phi) is 10.8. The van der Waals surface area contributed by atoms with Crippen molar-refractivity contribution in [3.63, 3.8) is 0 Å². The number of hydrogen-bond acceptors (Lipinski definition) is 14. The van der Waals surface area contributed by atoms with Crippen molar-refractivity contribution in [3.05, 3.63) is 144 Å². The van der Waals surface area contributed by atoms with Crippen molar-refractivity contribution in [3.8, 4) is 44.5 Å². The number of H-pyrrole nitrogens is 2. The lowest BCUT2D eigenvalue weighted by molar-refractivity contribution is -0.309. The minimum atomic E-state index is -5.12. The van der Waals surface area contributed by atoms with Crippen LogP contribution in [-0.4, -0.2) is 19.9 Å². The normalized spacial score (nSPS) is 13.1. The largest absolute Gasteiger partial charge is 0.807 e. The van der Waals surface area contributed by atoms with Gasteiger partial charge in [0.05, 0.1) is 22.8 Å². The number of benzene rings is 4. The van der Waals surface area contributed by atoms with Crippen LogP contribution in [0.25, 0.3) is 90.9 Å². The van der Waals surface area contributed by atoms with E-state index < -0.39 is 51.6 Å². The summed E-state index contributed by atoms with van der Waals surface area (Å²) in [5.74, 6) is 0. The van der Waals surface area contributed by atoms with Crippen LogP contribution in [0.4, 0.5) is 0 Å². The van der Waals surface area contributed by atoms with E-state index in [9.17, 15) is 57.4 Å². The van der Waals surface area contributed by atoms with Crippen LogP contribution in [0.1, 0.15) is 22.8 Å². The van der Waals surface area contributed by atoms with E-state index in [-0.39, 0.29) is 0 Å². The van der Waals surface area contributed by atoms with E-state index in [0.29, 0.717) is 89.4 Å². The van der Waals surface area contributed by atoms with Gasteiger partial charge >= 0.3 is 0 Å². The van der Waals surface area contributed by atoms with E-state index >= 15 is 0 Å². The molecule has 7 aromatic rings. The second-order valence-electron chi connectivity index (χ2n) is 14.7. The molecule has 5 heterocycles. The van der Waals surface area contributed by atoms with Gasteiger partial charge in [-0.25, -0.2) is 9.97 Å². The Labute approximate surface area is 362 Å². The highest BCUT2D eigenvalue weighted by atomic mass is 31.2. The summed E-state index contributed by atoms with van der Waals surface area (Å²) in [6.45, 7) is 0. The second-order valence-corrected chi connectivity index (χ2v) is 20.7. The van der Waals surface area contributed by atoms with E-state index in [2.05, 4.69) is 9.97 Å². The molecule has 9 rings (SSSR count). The average molecular weight is 927 g/mol. The molecule has 2 N–H and O–H groups in total. The minimum Gasteiger partial charge on any atom is -0.807 e. The molecule has 0 saturated carbocycles. The topological polar surface area (TPSA) is 310 Å². The Morgan fingerprint density at radius 2 is 0.484 bits per heavy atom. The number of fused-ring (bicyclic) bond motifs is 8. The van der Waals surface area contributed by atoms with Crippen molar-refractivity contribution in [1.82, 2.24) is 19.9 Å². The van der Waals surface area contributed by atoms with Gasteiger partial charge < -0.3 is 67.4 Å². The molecule has 3 aromatic heterocycles. The molecule has 4 aromatic carbocycles. The second kappa shape index (κ2) is 16.0. The van der Waals surface area contributed by atoms with Crippen molar-refractivity contribution < 1.29 is 57.4 Å². The lowest BCUT2D eigenvalue weighted by atomic mass is 10.0. The van der Waals surface area contributed by atoms with Gasteiger partial charge in [0.15, 0.2) is 0 Å². The van der Waals surface area contributed by atoms with Crippen LogP contribution >= 0.6 is 30.4 Å². The average Bonchev–Trinajstić information content (AvgIpc) is 4.08. The molecule has 322 valence electrons. The lowest BCUT2D eigenvalue weighted by Gasteiger charge is -2.29. The molecule has 0 unspecified atom stereocenters. The van der Waals surface area contributed by atoms with Crippen LogP contribution in [0.15, 0.2) is 121 Å². The monoisotopic (exact) mass is 926 g/mol. The third-order valence-electron chi connectivity index (χ3n) is 10.6. The van der Waals surface area contributed by atoms with Gasteiger partial charge in [-0.3, -0.25) is 0 Å². The van der Waals surface area contributed by atoms with Gasteiger partial charge in [-0.15, -0.1) is 0 Å². The maximum absolute atomic E-state index is 11.9. The first kappa shape index (κ1) is 43.3. The van der Waals surface area contributed by atoms with Gasteiger partial charge in [-0.1, -0.05) is 97.1 Å². The highest BCUT2D eigenvalue weighted by Crippen LogP contribution is 2.39. The van der Waals surface area contributed by atoms with Crippen molar-refractivity contribution in [2.24, 2.45) is 0 Å². The first-order valence-electron chi connectivity index (χ1n) is 18.9. The molecular formula is C44H26N4O12P4-8. The predicted molar refractivity (Wildman–Crippen MR) is 230 cm³/mol. The molecule has 0 aliphatic carbocycles. The smallest absolute Gasteiger partial charge is 0.0737 e. The van der Waals surface area contributed by atoms with E-state index in [1.807, 2.05) is 0 Å². The fourth-order valence-electron chi connectivity index (χ4n) is 7.66. The van der Waals surface area contributed by atoms with Gasteiger partial charge in [0.25, 0.3) is 0 Å². The molecule has 2 aliphatic heterocycles. The molecule has 0 atom stereocenters. The number of aromatic amines is 2. The molecule has 8 bridgehead atoms. The number of rotatable bonds is 8. The van der Waals surface area contributed by atoms with Gasteiger partial charge in [-0.05, 0) is 122 Å². The number of hydrogen-bond donors (Lipinski definition) is 2. The zero-order valence-corrected chi connectivity index (χ0v) is 36.0. The Morgan fingerprint density at radius 1 is 0.297 bits per heavy atom. The van der Waals surface area contributed by atoms with Gasteiger partial charge in [-0.2, -0.15) is 0 Å². The van der Waals surface area contributed by atoms with Crippen LogP contribution < -0.4 is 60.4 Å². The third kappa shape index (κ3) is 8.43. The van der Waals surface area contributed by atoms with Crippen molar-refractivity contribution >= 4 is 98.0 Å². The molecule has 20 heteroatoms. The zero-order valence-electron chi connectivity index (χ0n) is 32.4. The molecule has 0 amide bonds. The lowest BCUT2D eigenvalue weighted by Crippen LogP contribution is -2.24. The Bertz CT molecular complexity index is 3020. The molecule has 0 saturated heterocycles. The van der Waals surface area contributed by atoms with Crippen LogP contribution in [0.3, 0.4) is 0 Å². The summed E-state index contributed by atoms with van der Waals surface area (Å²) in [5.41, 5.74) is 6.85. The first-order valence-corrected chi connectivity index (χ1v) is 25.1. The van der Waals surface area contributed by atoms with E-state index in [1.54, 1.807) is 48.6 Å². The zero-order chi connectivity index (χ0) is 45.3. The highest BCUT2D eigenvalue weighted by molar-refractivity contribution is 7.58. The fraction of sp³-hybridized carbons (Fsp3) is 0. The summed E-state index contributed by atoms with van der Waals surface area (Å²) >= 11 is 0. The fourth-order valence-corrected chi connectivity index (χ4v) is 9.72. The molecular weight excluding hydrogens is 900 g/mol. The molecule has 0 radical (unpaired) electrons. The first-order chi connectivity index (χ1) is 30.2. The van der Waals surface area contributed by atoms with Gasteiger partial charge in [0.1, 0.15) is 0 Å². The maximum Gasteiger partial charge on any atom is 0.0737 e. The summed E-state index contributed by atoms with van der Waals surface area (Å²) < 4.78 is 47.7. The molecule has 2 aliphatic rings. The number of nitrogens with zero attached hydrogens (tertiary/aromatic N) is 2. The van der Waals surface area contributed by atoms with E-state index in [0.717, 1.165) is 0 Å². The molecule has 64 heavy (non-hydrogen) atoms. The summed E-state index contributed by atoms with van der Waals surface area (Å²) in [4.78, 5) is 112. The van der Waals surface area contributed by atoms with Crippen LogP contribution in [-0.2, 0) is 18.3 Å². The summed E-state index contributed by atoms with van der Waals surface area (Å²) in [6, 6.07) is 28.0.